The topological polar surface area (TPSA) is 51.2 Å². The molecular formula is C16H14ClF3N2O2S. The molecule has 0 saturated heterocycles. The van der Waals surface area contributed by atoms with Crippen molar-refractivity contribution in [2.24, 2.45) is 0 Å². The molecule has 2 rings (SSSR count). The molecule has 1 aromatic heterocycles. The molecule has 1 aromatic carbocycles. The second kappa shape index (κ2) is 7.97. The summed E-state index contributed by atoms with van der Waals surface area (Å²) in [5, 5.41) is 3.52. The van der Waals surface area contributed by atoms with Gasteiger partial charge in [-0.3, -0.25) is 4.79 Å². The zero-order valence-corrected chi connectivity index (χ0v) is 14.9. The number of alkyl halides is 3. The molecule has 0 radical (unpaired) electrons. The van der Waals surface area contributed by atoms with Gasteiger partial charge in [0.1, 0.15) is 5.75 Å². The van der Waals surface area contributed by atoms with Crippen LogP contribution in [-0.2, 0) is 11.0 Å². The normalized spacial score (nSPS) is 11.3. The van der Waals surface area contributed by atoms with E-state index < -0.39 is 11.7 Å². The lowest BCUT2D eigenvalue weighted by Crippen LogP contribution is -2.15. The molecular weight excluding hydrogens is 377 g/mol. The predicted octanol–water partition coefficient (Wildman–Crippen LogP) is 4.80. The third kappa shape index (κ3) is 5.27. The molecule has 0 unspecified atom stereocenters. The van der Waals surface area contributed by atoms with E-state index in [2.05, 4.69) is 10.3 Å². The molecule has 1 N–H and O–H groups in total. The highest BCUT2D eigenvalue weighted by Gasteiger charge is 2.30. The number of thioether (sulfide) groups is 1. The largest absolute Gasteiger partial charge is 0.495 e. The zero-order chi connectivity index (χ0) is 18.6. The maximum Gasteiger partial charge on any atom is 0.417 e. The molecule has 0 fully saturated rings. The maximum atomic E-state index is 12.5. The summed E-state index contributed by atoms with van der Waals surface area (Å²) in [5.41, 5.74) is 0.410. The van der Waals surface area contributed by atoms with Crippen LogP contribution in [-0.4, -0.2) is 23.8 Å². The molecule has 0 atom stereocenters. The Kier molecular flexibility index (Phi) is 6.18. The number of pyridine rings is 1. The SMILES string of the molecule is COc1cc(Cl)c(C)cc1NC(=O)CSc1ccc(C(F)(F)F)cn1. The van der Waals surface area contributed by atoms with E-state index in [0.29, 0.717) is 21.5 Å². The second-order valence-corrected chi connectivity index (χ2v) is 6.42. The Morgan fingerprint density at radius 1 is 1.36 bits per heavy atom. The predicted molar refractivity (Wildman–Crippen MR) is 91.3 cm³/mol. The van der Waals surface area contributed by atoms with Crippen LogP contribution < -0.4 is 10.1 Å². The van der Waals surface area contributed by atoms with Gasteiger partial charge in [0.05, 0.1) is 29.1 Å². The van der Waals surface area contributed by atoms with Crippen LogP contribution in [0.4, 0.5) is 18.9 Å². The molecule has 9 heteroatoms. The summed E-state index contributed by atoms with van der Waals surface area (Å²) in [6, 6.07) is 5.43. The molecule has 25 heavy (non-hydrogen) atoms. The van der Waals surface area contributed by atoms with Crippen LogP contribution in [0.2, 0.25) is 5.02 Å². The fourth-order valence-corrected chi connectivity index (χ4v) is 2.69. The number of hydrogen-bond acceptors (Lipinski definition) is 4. The summed E-state index contributed by atoms with van der Waals surface area (Å²) in [5.74, 6) is 0.0664. The van der Waals surface area contributed by atoms with Crippen LogP contribution in [0, 0.1) is 6.92 Å². The first-order valence-electron chi connectivity index (χ1n) is 7.00. The number of nitrogens with one attached hydrogen (secondary N) is 1. The van der Waals surface area contributed by atoms with Crippen LogP contribution in [0.25, 0.3) is 0 Å². The number of methoxy groups -OCH3 is 1. The Balaban J connectivity index is 1.98. The minimum Gasteiger partial charge on any atom is -0.495 e. The number of carbonyl (C=O) groups is 1. The van der Waals surface area contributed by atoms with E-state index in [0.717, 1.165) is 29.6 Å². The minimum absolute atomic E-state index is 0.0107. The Morgan fingerprint density at radius 3 is 2.64 bits per heavy atom. The third-order valence-corrected chi connectivity index (χ3v) is 4.52. The molecule has 4 nitrogen and oxygen atoms in total. The molecule has 0 saturated carbocycles. The number of aryl methyl sites for hydroxylation is 1. The quantitative estimate of drug-likeness (QED) is 0.745. The highest BCUT2D eigenvalue weighted by Crippen LogP contribution is 2.32. The Labute approximate surface area is 151 Å². The number of hydrogen-bond donors (Lipinski definition) is 1. The van der Waals surface area contributed by atoms with Crippen molar-refractivity contribution in [3.05, 3.63) is 46.6 Å². The highest BCUT2D eigenvalue weighted by molar-refractivity contribution is 7.99. The average Bonchev–Trinajstić information content (AvgIpc) is 2.55. The Hall–Kier alpha value is -1.93. The van der Waals surface area contributed by atoms with Crippen molar-refractivity contribution in [2.45, 2.75) is 18.1 Å². The van der Waals surface area contributed by atoms with E-state index in [1.807, 2.05) is 0 Å². The van der Waals surface area contributed by atoms with Gasteiger partial charge in [-0.05, 0) is 30.7 Å². The minimum atomic E-state index is -4.43. The molecule has 1 heterocycles. The first-order valence-corrected chi connectivity index (χ1v) is 8.37. The number of rotatable bonds is 5. The molecule has 0 aliphatic rings. The van der Waals surface area contributed by atoms with Crippen LogP contribution in [0.1, 0.15) is 11.1 Å². The first-order chi connectivity index (χ1) is 11.7. The van der Waals surface area contributed by atoms with Gasteiger partial charge in [0.25, 0.3) is 0 Å². The van der Waals surface area contributed by atoms with Gasteiger partial charge in [0.2, 0.25) is 5.91 Å². The van der Waals surface area contributed by atoms with Crippen molar-refractivity contribution in [1.82, 2.24) is 4.98 Å². The van der Waals surface area contributed by atoms with E-state index in [9.17, 15) is 18.0 Å². The van der Waals surface area contributed by atoms with Crippen LogP contribution in [0.5, 0.6) is 5.75 Å². The van der Waals surface area contributed by atoms with E-state index >= 15 is 0 Å². The molecule has 0 spiro atoms. The summed E-state index contributed by atoms with van der Waals surface area (Å²) >= 11 is 7.03. The lowest BCUT2D eigenvalue weighted by Gasteiger charge is -2.12. The summed E-state index contributed by atoms with van der Waals surface area (Å²) in [4.78, 5) is 15.8. The third-order valence-electron chi connectivity index (χ3n) is 3.17. The Bertz CT molecular complexity index is 767. The van der Waals surface area contributed by atoms with Crippen molar-refractivity contribution >= 4 is 35.0 Å². The van der Waals surface area contributed by atoms with Crippen LogP contribution in [0.15, 0.2) is 35.5 Å². The first kappa shape index (κ1) is 19.4. The number of halogens is 4. The fraction of sp³-hybridized carbons (Fsp3) is 0.250. The van der Waals surface area contributed by atoms with Crippen molar-refractivity contribution < 1.29 is 22.7 Å². The summed E-state index contributed by atoms with van der Waals surface area (Å²) in [6.07, 6.45) is -3.69. The average molecular weight is 391 g/mol. The van der Waals surface area contributed by atoms with Crippen molar-refractivity contribution in [2.75, 3.05) is 18.2 Å². The number of nitrogens with zero attached hydrogens (tertiary/aromatic N) is 1. The number of carbonyl (C=O) groups excluding carboxylic acids is 1. The van der Waals surface area contributed by atoms with Crippen molar-refractivity contribution in [1.29, 1.82) is 0 Å². The van der Waals surface area contributed by atoms with E-state index in [4.69, 9.17) is 16.3 Å². The number of amides is 1. The van der Waals surface area contributed by atoms with E-state index in [-0.39, 0.29) is 11.7 Å². The Morgan fingerprint density at radius 2 is 2.08 bits per heavy atom. The van der Waals surface area contributed by atoms with Crippen LogP contribution >= 0.6 is 23.4 Å². The standard InChI is InChI=1S/C16H14ClF3N2O2S/c1-9-5-12(13(24-2)6-11(9)17)22-14(23)8-25-15-4-3-10(7-21-15)16(18,19)20/h3-7H,8H2,1-2H3,(H,22,23). The molecule has 0 bridgehead atoms. The molecule has 1 amide bonds. The van der Waals surface area contributed by atoms with Crippen molar-refractivity contribution in [3.63, 3.8) is 0 Å². The zero-order valence-electron chi connectivity index (χ0n) is 13.3. The van der Waals surface area contributed by atoms with E-state index in [1.165, 1.54) is 13.2 Å². The monoisotopic (exact) mass is 390 g/mol. The van der Waals surface area contributed by atoms with E-state index in [1.54, 1.807) is 19.1 Å². The summed E-state index contributed by atoms with van der Waals surface area (Å²) in [6.45, 7) is 1.79. The smallest absolute Gasteiger partial charge is 0.417 e. The number of aromatic nitrogens is 1. The molecule has 0 aliphatic heterocycles. The van der Waals surface area contributed by atoms with Gasteiger partial charge in [-0.1, -0.05) is 23.4 Å². The van der Waals surface area contributed by atoms with Crippen molar-refractivity contribution in [3.8, 4) is 5.75 Å². The van der Waals surface area contributed by atoms with Gasteiger partial charge >= 0.3 is 6.18 Å². The van der Waals surface area contributed by atoms with Gasteiger partial charge in [0, 0.05) is 17.3 Å². The second-order valence-electron chi connectivity index (χ2n) is 5.02. The molecule has 0 aliphatic carbocycles. The van der Waals surface area contributed by atoms with Gasteiger partial charge in [-0.25, -0.2) is 4.98 Å². The number of ether oxygens (including phenoxy) is 1. The maximum absolute atomic E-state index is 12.5. The lowest BCUT2D eigenvalue weighted by molar-refractivity contribution is -0.137. The van der Waals surface area contributed by atoms with Gasteiger partial charge < -0.3 is 10.1 Å². The van der Waals surface area contributed by atoms with Gasteiger partial charge in [-0.15, -0.1) is 0 Å². The number of benzene rings is 1. The molecule has 2 aromatic rings. The lowest BCUT2D eigenvalue weighted by atomic mass is 10.2. The summed E-state index contributed by atoms with van der Waals surface area (Å²) in [7, 11) is 1.46. The molecule has 134 valence electrons. The highest BCUT2D eigenvalue weighted by atomic mass is 35.5. The summed E-state index contributed by atoms with van der Waals surface area (Å²) < 4.78 is 42.6. The van der Waals surface area contributed by atoms with Gasteiger partial charge in [-0.2, -0.15) is 13.2 Å². The van der Waals surface area contributed by atoms with Gasteiger partial charge in [0.15, 0.2) is 0 Å². The fourth-order valence-electron chi connectivity index (χ4n) is 1.89. The van der Waals surface area contributed by atoms with Crippen LogP contribution in [0.3, 0.4) is 0 Å². The number of anilines is 1.